The third-order valence-corrected chi connectivity index (χ3v) is 4.63. The highest BCUT2D eigenvalue weighted by Crippen LogP contribution is 2.20. The molecule has 6 nitrogen and oxygen atoms in total. The van der Waals surface area contributed by atoms with Crippen molar-refractivity contribution in [3.63, 3.8) is 0 Å². The summed E-state index contributed by atoms with van der Waals surface area (Å²) in [4.78, 5) is 17.7. The van der Waals surface area contributed by atoms with Crippen molar-refractivity contribution in [2.24, 2.45) is 4.99 Å². The number of guanidine groups is 1. The van der Waals surface area contributed by atoms with Gasteiger partial charge in [-0.15, -0.1) is 24.0 Å². The van der Waals surface area contributed by atoms with E-state index in [-0.39, 0.29) is 36.1 Å². The maximum atomic E-state index is 11.7. The van der Waals surface area contributed by atoms with Gasteiger partial charge in [-0.3, -0.25) is 4.99 Å². The summed E-state index contributed by atoms with van der Waals surface area (Å²) in [5.74, 6) is 0.709. The van der Waals surface area contributed by atoms with Gasteiger partial charge in [0, 0.05) is 42.8 Å². The molecule has 0 unspecified atom stereocenters. The van der Waals surface area contributed by atoms with Gasteiger partial charge < -0.3 is 20.3 Å². The molecule has 0 atom stereocenters. The first-order chi connectivity index (χ1) is 12.0. The number of carbonyl (C=O) groups is 1. The Hall–Kier alpha value is -0.930. The fraction of sp³-hybridized carbons (Fsp3) is 0.529. The lowest BCUT2D eigenvalue weighted by molar-refractivity contribution is 0.0963. The van der Waals surface area contributed by atoms with Crippen molar-refractivity contribution in [2.75, 3.05) is 26.7 Å². The maximum Gasteiger partial charge on any atom is 0.409 e. The number of hydrogen-bond donors (Lipinski definition) is 2. The van der Waals surface area contributed by atoms with Crippen molar-refractivity contribution in [1.82, 2.24) is 15.5 Å². The molecule has 0 bridgehead atoms. The number of likely N-dealkylation sites (tertiary alicyclic amines) is 1. The lowest BCUT2D eigenvalue weighted by Gasteiger charge is -2.32. The van der Waals surface area contributed by atoms with E-state index in [1.807, 2.05) is 19.1 Å². The molecule has 0 radical (unpaired) electrons. The summed E-state index contributed by atoms with van der Waals surface area (Å²) in [5.41, 5.74) is 0.950. The summed E-state index contributed by atoms with van der Waals surface area (Å²) in [6, 6.07) is 5.69. The molecule has 2 rings (SSSR count). The molecule has 146 valence electrons. The van der Waals surface area contributed by atoms with Gasteiger partial charge in [0.15, 0.2) is 5.96 Å². The molecule has 0 aliphatic carbocycles. The van der Waals surface area contributed by atoms with Gasteiger partial charge in [-0.05, 0) is 37.5 Å². The zero-order chi connectivity index (χ0) is 18.2. The normalized spacial score (nSPS) is 15.2. The highest BCUT2D eigenvalue weighted by Gasteiger charge is 2.24. The van der Waals surface area contributed by atoms with E-state index in [2.05, 4.69) is 15.6 Å². The van der Waals surface area contributed by atoms with Gasteiger partial charge in [0.25, 0.3) is 0 Å². The van der Waals surface area contributed by atoms with Crippen molar-refractivity contribution in [3.05, 3.63) is 33.8 Å². The molecule has 0 saturated carbocycles. The van der Waals surface area contributed by atoms with Crippen LogP contribution in [0.1, 0.15) is 25.3 Å². The minimum atomic E-state index is -0.235. The van der Waals surface area contributed by atoms with E-state index >= 15 is 0 Å². The van der Waals surface area contributed by atoms with Crippen molar-refractivity contribution in [3.8, 4) is 0 Å². The van der Waals surface area contributed by atoms with Crippen molar-refractivity contribution in [1.29, 1.82) is 0 Å². The Kier molecular flexibility index (Phi) is 10.4. The monoisotopic (exact) mass is 514 g/mol. The number of ether oxygens (including phenoxy) is 1. The topological polar surface area (TPSA) is 66.0 Å². The van der Waals surface area contributed by atoms with Crippen LogP contribution in [0.4, 0.5) is 4.79 Å². The minimum Gasteiger partial charge on any atom is -0.450 e. The Labute approximate surface area is 181 Å². The van der Waals surface area contributed by atoms with Crippen molar-refractivity contribution < 1.29 is 9.53 Å². The molecule has 1 aliphatic rings. The fourth-order valence-corrected chi connectivity index (χ4v) is 3.13. The third-order valence-electron chi connectivity index (χ3n) is 4.05. The van der Waals surface area contributed by atoms with Crippen molar-refractivity contribution in [2.45, 2.75) is 32.4 Å². The average Bonchev–Trinajstić information content (AvgIpc) is 2.60. The third kappa shape index (κ3) is 7.00. The maximum absolute atomic E-state index is 11.7. The minimum absolute atomic E-state index is 0. The number of carbonyl (C=O) groups excluding carboxylic acids is 1. The first kappa shape index (κ1) is 23.1. The van der Waals surface area contributed by atoms with Crippen molar-refractivity contribution >= 4 is 59.2 Å². The SMILES string of the molecule is CCOC(=O)N1CCC(NC(=NC)NCc2ccc(Cl)cc2Cl)CC1.I. The Morgan fingerprint density at radius 3 is 2.62 bits per heavy atom. The summed E-state index contributed by atoms with van der Waals surface area (Å²) in [7, 11) is 1.73. The predicted octanol–water partition coefficient (Wildman–Crippen LogP) is 3.90. The second kappa shape index (κ2) is 11.7. The number of aliphatic imine (C=N–C) groups is 1. The van der Waals surface area contributed by atoms with Gasteiger partial charge in [-0.2, -0.15) is 0 Å². The fourth-order valence-electron chi connectivity index (χ4n) is 2.65. The molecular formula is C17H25Cl2IN4O2. The average molecular weight is 515 g/mol. The van der Waals surface area contributed by atoms with E-state index in [1.165, 1.54) is 0 Å². The summed E-state index contributed by atoms with van der Waals surface area (Å²) in [6.07, 6.45) is 1.46. The molecule has 1 saturated heterocycles. The summed E-state index contributed by atoms with van der Waals surface area (Å²) in [6.45, 7) is 4.12. The van der Waals surface area contributed by atoms with Crippen LogP contribution in [0.3, 0.4) is 0 Å². The quantitative estimate of drug-likeness (QED) is 0.363. The van der Waals surface area contributed by atoms with Crippen LogP contribution in [0, 0.1) is 0 Å². The van der Waals surface area contributed by atoms with Crippen LogP contribution in [0.5, 0.6) is 0 Å². The Balaban J connectivity index is 0.00000338. The molecule has 9 heteroatoms. The van der Waals surface area contributed by atoms with Gasteiger partial charge in [0.05, 0.1) is 6.61 Å². The number of amides is 1. The van der Waals surface area contributed by atoms with Crippen LogP contribution in [0.25, 0.3) is 0 Å². The second-order valence-corrected chi connectivity index (χ2v) is 6.61. The molecule has 1 fully saturated rings. The Morgan fingerprint density at radius 2 is 2.04 bits per heavy atom. The number of nitrogens with one attached hydrogen (secondary N) is 2. The molecule has 0 aromatic heterocycles. The number of nitrogens with zero attached hydrogens (tertiary/aromatic N) is 2. The van der Waals surface area contributed by atoms with Crippen LogP contribution in [0.2, 0.25) is 10.0 Å². The number of rotatable bonds is 4. The number of benzene rings is 1. The Morgan fingerprint density at radius 1 is 1.35 bits per heavy atom. The zero-order valence-electron chi connectivity index (χ0n) is 14.9. The van der Waals surface area contributed by atoms with Gasteiger partial charge in [-0.25, -0.2) is 4.79 Å². The summed E-state index contributed by atoms with van der Waals surface area (Å²) in [5, 5.41) is 7.88. The van der Waals surface area contributed by atoms with Crippen LogP contribution in [-0.4, -0.2) is 49.7 Å². The lowest BCUT2D eigenvalue weighted by Crippen LogP contribution is -2.49. The van der Waals surface area contributed by atoms with E-state index in [0.717, 1.165) is 18.4 Å². The number of halogens is 3. The van der Waals surface area contributed by atoms with Crippen LogP contribution < -0.4 is 10.6 Å². The van der Waals surface area contributed by atoms with Crippen LogP contribution in [-0.2, 0) is 11.3 Å². The second-order valence-electron chi connectivity index (χ2n) is 5.77. The van der Waals surface area contributed by atoms with Crippen LogP contribution >= 0.6 is 47.2 Å². The molecule has 26 heavy (non-hydrogen) atoms. The highest BCUT2D eigenvalue weighted by atomic mass is 127. The molecule has 1 heterocycles. The number of piperidine rings is 1. The molecule has 1 amide bonds. The molecule has 0 spiro atoms. The Bertz CT molecular complexity index is 623. The molecule has 1 aromatic rings. The predicted molar refractivity (Wildman–Crippen MR) is 117 cm³/mol. The lowest BCUT2D eigenvalue weighted by atomic mass is 10.1. The van der Waals surface area contributed by atoms with Crippen LogP contribution in [0.15, 0.2) is 23.2 Å². The smallest absolute Gasteiger partial charge is 0.409 e. The van der Waals surface area contributed by atoms with Gasteiger partial charge >= 0.3 is 6.09 Å². The summed E-state index contributed by atoms with van der Waals surface area (Å²) >= 11 is 12.1. The van der Waals surface area contributed by atoms with Gasteiger partial charge in [0.1, 0.15) is 0 Å². The molecular weight excluding hydrogens is 490 g/mol. The van der Waals surface area contributed by atoms with Gasteiger partial charge in [0.2, 0.25) is 0 Å². The van der Waals surface area contributed by atoms with Gasteiger partial charge in [-0.1, -0.05) is 29.3 Å². The first-order valence-electron chi connectivity index (χ1n) is 8.36. The zero-order valence-corrected chi connectivity index (χ0v) is 18.8. The van der Waals surface area contributed by atoms with E-state index in [1.54, 1.807) is 18.0 Å². The number of hydrogen-bond acceptors (Lipinski definition) is 3. The molecule has 2 N–H and O–H groups in total. The molecule has 1 aliphatic heterocycles. The largest absolute Gasteiger partial charge is 0.450 e. The molecule has 1 aromatic carbocycles. The van der Waals surface area contributed by atoms with E-state index in [0.29, 0.717) is 42.2 Å². The standard InChI is InChI=1S/C17H24Cl2N4O2.HI/c1-3-25-17(24)23-8-6-14(7-9-23)22-16(20-2)21-11-12-4-5-13(18)10-15(12)19;/h4-5,10,14H,3,6-9,11H2,1-2H3,(H2,20,21,22);1H. The highest BCUT2D eigenvalue weighted by molar-refractivity contribution is 14.0. The summed E-state index contributed by atoms with van der Waals surface area (Å²) < 4.78 is 5.03. The van der Waals surface area contributed by atoms with E-state index < -0.39 is 0 Å². The van der Waals surface area contributed by atoms with E-state index in [4.69, 9.17) is 27.9 Å². The van der Waals surface area contributed by atoms with E-state index in [9.17, 15) is 4.79 Å². The first-order valence-corrected chi connectivity index (χ1v) is 9.12.